The lowest BCUT2D eigenvalue weighted by atomic mass is 9.50. The quantitative estimate of drug-likeness (QED) is 0.191. The summed E-state index contributed by atoms with van der Waals surface area (Å²) in [6.45, 7) is 10.9. The number of carbonyl (C=O) groups is 5. The Bertz CT molecular complexity index is 1190. The summed E-state index contributed by atoms with van der Waals surface area (Å²) in [5.74, 6) is -6.51. The highest BCUT2D eigenvalue weighted by Gasteiger charge is 2.77. The SMILES string of the molecule is C=C1C(Cl)C2OC(=O)C(C)C23OC1C(OC(C)=O)C(OC(C)=O)C1(C)C(OC(C)=O)CCC(O)(COC(C)=O)C1C3O. The molecule has 1 spiro atoms. The van der Waals surface area contributed by atoms with Crippen molar-refractivity contribution in [3.8, 4) is 0 Å². The van der Waals surface area contributed by atoms with Gasteiger partial charge in [-0.1, -0.05) is 13.5 Å². The Labute approximate surface area is 247 Å². The molecule has 4 aliphatic rings. The number of halogens is 1. The number of ether oxygens (including phenoxy) is 6. The highest BCUT2D eigenvalue weighted by Crippen LogP contribution is 2.61. The van der Waals surface area contributed by atoms with E-state index >= 15 is 0 Å². The molecule has 3 heterocycles. The van der Waals surface area contributed by atoms with Crippen molar-refractivity contribution < 1.29 is 62.6 Å². The largest absolute Gasteiger partial charge is 0.463 e. The molecule has 13 nitrogen and oxygen atoms in total. The second-order valence-electron chi connectivity index (χ2n) is 11.9. The van der Waals surface area contributed by atoms with E-state index in [-0.39, 0.29) is 18.4 Å². The van der Waals surface area contributed by atoms with Gasteiger partial charge in [0.25, 0.3) is 0 Å². The first-order valence-electron chi connectivity index (χ1n) is 13.7. The second-order valence-corrected chi connectivity index (χ2v) is 12.3. The third-order valence-corrected chi connectivity index (χ3v) is 9.74. The lowest BCUT2D eigenvalue weighted by Gasteiger charge is -2.63. The van der Waals surface area contributed by atoms with Crippen LogP contribution in [0.2, 0.25) is 0 Å². The smallest absolute Gasteiger partial charge is 0.312 e. The average molecular weight is 617 g/mol. The summed E-state index contributed by atoms with van der Waals surface area (Å²) in [5, 5.41) is 23.6. The van der Waals surface area contributed by atoms with E-state index < -0.39 is 107 Å². The summed E-state index contributed by atoms with van der Waals surface area (Å²) < 4.78 is 34.7. The first-order chi connectivity index (χ1) is 19.4. The van der Waals surface area contributed by atoms with Crippen molar-refractivity contribution in [1.82, 2.24) is 0 Å². The number of rotatable bonds is 5. The maximum atomic E-state index is 13.1. The summed E-state index contributed by atoms with van der Waals surface area (Å²) in [6, 6.07) is 0. The number of carbonyl (C=O) groups excluding carboxylic acids is 5. The number of alkyl halides is 1. The molecule has 234 valence electrons. The minimum atomic E-state index is -2.06. The molecule has 0 amide bonds. The Morgan fingerprint density at radius 3 is 2.19 bits per heavy atom. The van der Waals surface area contributed by atoms with Gasteiger partial charge < -0.3 is 38.6 Å². The van der Waals surface area contributed by atoms with E-state index in [0.29, 0.717) is 0 Å². The number of aliphatic hydroxyl groups excluding tert-OH is 1. The molecule has 1 aliphatic carbocycles. The number of esters is 5. The molecule has 0 aromatic carbocycles. The zero-order valence-corrected chi connectivity index (χ0v) is 25.0. The van der Waals surface area contributed by atoms with Gasteiger partial charge in [0.05, 0.1) is 22.8 Å². The molecule has 0 aromatic heterocycles. The molecule has 4 fully saturated rings. The summed E-state index contributed by atoms with van der Waals surface area (Å²) in [5.41, 5.74) is -5.66. The van der Waals surface area contributed by atoms with Crippen LogP contribution in [0.4, 0.5) is 0 Å². The van der Waals surface area contributed by atoms with Crippen LogP contribution in [0.1, 0.15) is 54.4 Å². The van der Waals surface area contributed by atoms with Crippen LogP contribution >= 0.6 is 11.6 Å². The summed E-state index contributed by atoms with van der Waals surface area (Å²) in [6.07, 6.45) is -8.87. The lowest BCUT2D eigenvalue weighted by molar-refractivity contribution is -0.326. The fraction of sp³-hybridized carbons (Fsp3) is 0.750. The van der Waals surface area contributed by atoms with Crippen molar-refractivity contribution in [3.05, 3.63) is 12.2 Å². The minimum Gasteiger partial charge on any atom is -0.463 e. The van der Waals surface area contributed by atoms with Crippen LogP contribution in [0.25, 0.3) is 0 Å². The van der Waals surface area contributed by atoms with Crippen molar-refractivity contribution in [2.24, 2.45) is 17.3 Å². The maximum absolute atomic E-state index is 13.1. The summed E-state index contributed by atoms with van der Waals surface area (Å²) in [4.78, 5) is 62.5. The molecule has 12 atom stereocenters. The Kier molecular flexibility index (Phi) is 8.48. The molecule has 3 aliphatic heterocycles. The molecule has 12 unspecified atom stereocenters. The maximum Gasteiger partial charge on any atom is 0.312 e. The van der Waals surface area contributed by atoms with Gasteiger partial charge in [0.2, 0.25) is 0 Å². The molecular formula is C28H37ClO13. The molecule has 42 heavy (non-hydrogen) atoms. The van der Waals surface area contributed by atoms with Gasteiger partial charge in [-0.25, -0.2) is 0 Å². The standard InChI is InChI=1S/C28H37ClO13/c1-11-18(29)23-28(12(2)25(35)41-23)22(34)21-26(7,24(40-16(6)33)20(19(11)42-28)39-15(5)32)17(38-14(4)31)8-9-27(21,36)10-37-13(3)30/h12,17-24,34,36H,1,8-10H2,2-7H3. The molecule has 3 saturated heterocycles. The highest BCUT2D eigenvalue weighted by atomic mass is 35.5. The zero-order chi connectivity index (χ0) is 31.5. The zero-order valence-electron chi connectivity index (χ0n) is 24.3. The third kappa shape index (κ3) is 4.87. The number of aliphatic hydroxyl groups is 2. The molecule has 0 aromatic rings. The normalized spacial score (nSPS) is 44.4. The van der Waals surface area contributed by atoms with E-state index in [1.54, 1.807) is 0 Å². The van der Waals surface area contributed by atoms with Crippen LogP contribution in [-0.4, -0.2) is 99.9 Å². The van der Waals surface area contributed by atoms with Crippen molar-refractivity contribution in [2.75, 3.05) is 6.61 Å². The van der Waals surface area contributed by atoms with Gasteiger partial charge in [-0.15, -0.1) is 11.6 Å². The van der Waals surface area contributed by atoms with E-state index in [9.17, 15) is 34.2 Å². The molecular weight excluding hydrogens is 580 g/mol. The van der Waals surface area contributed by atoms with Gasteiger partial charge in [0.15, 0.2) is 18.3 Å². The Balaban J connectivity index is 2.09. The second kappa shape index (κ2) is 11.1. The van der Waals surface area contributed by atoms with E-state index in [4.69, 9.17) is 40.0 Å². The van der Waals surface area contributed by atoms with Crippen LogP contribution in [0.3, 0.4) is 0 Å². The number of hydrogen-bond donors (Lipinski definition) is 2. The van der Waals surface area contributed by atoms with Gasteiger partial charge in [-0.05, 0) is 25.3 Å². The van der Waals surface area contributed by atoms with E-state index in [1.807, 2.05) is 0 Å². The predicted octanol–water partition coefficient (Wildman–Crippen LogP) is 0.729. The van der Waals surface area contributed by atoms with Gasteiger partial charge in [0.1, 0.15) is 30.0 Å². The Hall–Kier alpha value is -2.74. The van der Waals surface area contributed by atoms with Crippen LogP contribution in [0.5, 0.6) is 0 Å². The molecule has 1 saturated carbocycles. The molecule has 4 rings (SSSR count). The fourth-order valence-electron chi connectivity index (χ4n) is 7.48. The van der Waals surface area contributed by atoms with Crippen molar-refractivity contribution in [3.63, 3.8) is 0 Å². The van der Waals surface area contributed by atoms with Crippen LogP contribution in [-0.2, 0) is 52.4 Å². The minimum absolute atomic E-state index is 0.0341. The third-order valence-electron chi connectivity index (χ3n) is 9.23. The Morgan fingerprint density at radius 1 is 1.05 bits per heavy atom. The van der Waals surface area contributed by atoms with Crippen molar-refractivity contribution in [1.29, 1.82) is 0 Å². The van der Waals surface area contributed by atoms with Gasteiger partial charge in [0, 0.05) is 33.6 Å². The molecule has 0 radical (unpaired) electrons. The highest BCUT2D eigenvalue weighted by molar-refractivity contribution is 6.23. The van der Waals surface area contributed by atoms with Crippen LogP contribution < -0.4 is 0 Å². The number of hydrogen-bond acceptors (Lipinski definition) is 13. The summed E-state index contributed by atoms with van der Waals surface area (Å²) >= 11 is 6.81. The first-order valence-corrected chi connectivity index (χ1v) is 14.1. The fourth-order valence-corrected chi connectivity index (χ4v) is 7.86. The van der Waals surface area contributed by atoms with Crippen LogP contribution in [0.15, 0.2) is 12.2 Å². The lowest BCUT2D eigenvalue weighted by Crippen LogP contribution is -2.78. The van der Waals surface area contributed by atoms with Gasteiger partial charge in [-0.3, -0.25) is 24.0 Å². The number of fused-ring (bicyclic) bond motifs is 2. The monoisotopic (exact) mass is 616 g/mol. The van der Waals surface area contributed by atoms with Crippen LogP contribution in [0, 0.1) is 17.3 Å². The molecule has 2 bridgehead atoms. The molecule has 14 heteroatoms. The van der Waals surface area contributed by atoms with Gasteiger partial charge in [-0.2, -0.15) is 0 Å². The predicted molar refractivity (Wildman–Crippen MR) is 141 cm³/mol. The van der Waals surface area contributed by atoms with E-state index in [2.05, 4.69) is 6.58 Å². The van der Waals surface area contributed by atoms with Crippen molar-refractivity contribution >= 4 is 41.4 Å². The van der Waals surface area contributed by atoms with Gasteiger partial charge >= 0.3 is 29.8 Å². The van der Waals surface area contributed by atoms with E-state index in [0.717, 1.165) is 20.8 Å². The summed E-state index contributed by atoms with van der Waals surface area (Å²) in [7, 11) is 0. The topological polar surface area (TPSA) is 181 Å². The Morgan fingerprint density at radius 2 is 1.64 bits per heavy atom. The molecule has 2 N–H and O–H groups in total. The first kappa shape index (κ1) is 32.2. The van der Waals surface area contributed by atoms with Crippen molar-refractivity contribution in [2.45, 2.75) is 108 Å². The van der Waals surface area contributed by atoms with E-state index in [1.165, 1.54) is 20.8 Å². The average Bonchev–Trinajstić information content (AvgIpc) is 3.14.